The van der Waals surface area contributed by atoms with Crippen molar-refractivity contribution in [3.8, 4) is 18.1 Å². The lowest BCUT2D eigenvalue weighted by Crippen LogP contribution is -2.23. The fourth-order valence-electron chi connectivity index (χ4n) is 3.32. The Bertz CT molecular complexity index is 1190. The molecule has 0 saturated heterocycles. The maximum atomic E-state index is 13.1. The van der Waals surface area contributed by atoms with Crippen molar-refractivity contribution < 1.29 is 17.9 Å². The first kappa shape index (κ1) is 19.2. The van der Waals surface area contributed by atoms with Gasteiger partial charge in [0.1, 0.15) is 17.3 Å². The highest BCUT2D eigenvalue weighted by molar-refractivity contribution is 7.91. The fraction of sp³-hybridized carbons (Fsp3) is 0.136. The van der Waals surface area contributed by atoms with Crippen LogP contribution in [-0.2, 0) is 14.6 Å². The number of amides is 1. The van der Waals surface area contributed by atoms with Crippen molar-refractivity contribution in [2.24, 2.45) is 0 Å². The molecule has 4 rings (SSSR count). The molecule has 1 aliphatic heterocycles. The van der Waals surface area contributed by atoms with E-state index in [9.17, 15) is 13.2 Å². The van der Waals surface area contributed by atoms with E-state index in [0.29, 0.717) is 11.4 Å². The molecule has 0 aliphatic carbocycles. The minimum Gasteiger partial charge on any atom is -0.481 e. The molecule has 5 nitrogen and oxygen atoms in total. The summed E-state index contributed by atoms with van der Waals surface area (Å²) in [5, 5.41) is 4.38. The number of hydrogen-bond donors (Lipinski definition) is 1. The van der Waals surface area contributed by atoms with Gasteiger partial charge in [-0.3, -0.25) is 4.79 Å². The second kappa shape index (κ2) is 7.74. The molecule has 0 fully saturated rings. The predicted octanol–water partition coefficient (Wildman–Crippen LogP) is 4.07. The number of anilines is 1. The Hall–Kier alpha value is -3.08. The van der Waals surface area contributed by atoms with E-state index in [-0.39, 0.29) is 34.6 Å². The number of carbonyl (C=O) groups is 1. The van der Waals surface area contributed by atoms with Crippen LogP contribution in [0.4, 0.5) is 5.69 Å². The zero-order chi connectivity index (χ0) is 20.4. The average molecular weight is 424 g/mol. The molecular formula is C22H17NO4S2. The summed E-state index contributed by atoms with van der Waals surface area (Å²) in [7, 11) is -3.73. The van der Waals surface area contributed by atoms with Crippen molar-refractivity contribution in [2.45, 2.75) is 22.1 Å². The summed E-state index contributed by atoms with van der Waals surface area (Å²) in [5.41, 5.74) is 1.30. The van der Waals surface area contributed by atoms with Crippen molar-refractivity contribution in [1.82, 2.24) is 0 Å². The van der Waals surface area contributed by atoms with E-state index >= 15 is 0 Å². The van der Waals surface area contributed by atoms with Gasteiger partial charge in [0.2, 0.25) is 15.7 Å². The van der Waals surface area contributed by atoms with Crippen molar-refractivity contribution in [3.05, 3.63) is 70.4 Å². The summed E-state index contributed by atoms with van der Waals surface area (Å²) < 4.78 is 31.6. The first-order valence-corrected chi connectivity index (χ1v) is 11.2. The van der Waals surface area contributed by atoms with Crippen LogP contribution in [-0.4, -0.2) is 20.9 Å². The molecule has 1 aliphatic rings. The van der Waals surface area contributed by atoms with Crippen molar-refractivity contribution >= 4 is 32.8 Å². The number of thiophene rings is 1. The Balaban J connectivity index is 1.72. The molecule has 0 bridgehead atoms. The fourth-order valence-corrected chi connectivity index (χ4v) is 6.25. The van der Waals surface area contributed by atoms with Gasteiger partial charge in [-0.1, -0.05) is 36.3 Å². The van der Waals surface area contributed by atoms with Gasteiger partial charge in [0.15, 0.2) is 0 Å². The van der Waals surface area contributed by atoms with Gasteiger partial charge in [0, 0.05) is 22.6 Å². The summed E-state index contributed by atoms with van der Waals surface area (Å²) in [6, 6.07) is 15.6. The molecule has 29 heavy (non-hydrogen) atoms. The van der Waals surface area contributed by atoms with E-state index in [1.54, 1.807) is 47.8 Å². The van der Waals surface area contributed by atoms with Gasteiger partial charge in [0.05, 0.1) is 10.6 Å². The molecule has 3 aromatic rings. The maximum absolute atomic E-state index is 13.1. The van der Waals surface area contributed by atoms with Gasteiger partial charge in [-0.05, 0) is 29.8 Å². The molecule has 2 heterocycles. The zero-order valence-corrected chi connectivity index (χ0v) is 16.9. The van der Waals surface area contributed by atoms with E-state index in [0.717, 1.165) is 10.4 Å². The molecule has 2 aromatic carbocycles. The smallest absolute Gasteiger partial charge is 0.225 e. The molecule has 1 amide bonds. The van der Waals surface area contributed by atoms with Crippen LogP contribution >= 0.6 is 11.3 Å². The lowest BCUT2D eigenvalue weighted by Gasteiger charge is -2.24. The number of rotatable bonds is 5. The largest absolute Gasteiger partial charge is 0.481 e. The Morgan fingerprint density at radius 1 is 1.14 bits per heavy atom. The van der Waals surface area contributed by atoms with Crippen LogP contribution in [0.15, 0.2) is 69.8 Å². The van der Waals surface area contributed by atoms with Gasteiger partial charge >= 0.3 is 0 Å². The second-order valence-corrected chi connectivity index (χ2v) is 9.35. The molecule has 7 heteroatoms. The third kappa shape index (κ3) is 3.65. The van der Waals surface area contributed by atoms with Crippen molar-refractivity contribution in [2.75, 3.05) is 11.9 Å². The summed E-state index contributed by atoms with van der Waals surface area (Å²) in [6.07, 6.45) is 5.46. The van der Waals surface area contributed by atoms with Crippen molar-refractivity contribution in [3.63, 3.8) is 0 Å². The molecule has 146 valence electrons. The minimum atomic E-state index is -3.73. The van der Waals surface area contributed by atoms with Gasteiger partial charge < -0.3 is 10.1 Å². The first-order chi connectivity index (χ1) is 14.0. The van der Waals surface area contributed by atoms with Crippen LogP contribution in [0.2, 0.25) is 0 Å². The number of hydrogen-bond acceptors (Lipinski definition) is 5. The van der Waals surface area contributed by atoms with Crippen LogP contribution in [0.25, 0.3) is 0 Å². The molecule has 0 spiro atoms. The second-order valence-electron chi connectivity index (χ2n) is 6.52. The average Bonchev–Trinajstić information content (AvgIpc) is 3.17. The highest BCUT2D eigenvalue weighted by atomic mass is 32.2. The number of terminal acetylenes is 1. The summed E-state index contributed by atoms with van der Waals surface area (Å²) in [4.78, 5) is 13.5. The third-order valence-electron chi connectivity index (χ3n) is 4.70. The summed E-state index contributed by atoms with van der Waals surface area (Å²) in [6.45, 7) is 0.182. The maximum Gasteiger partial charge on any atom is 0.225 e. The molecule has 1 aromatic heterocycles. The van der Waals surface area contributed by atoms with Crippen molar-refractivity contribution in [1.29, 1.82) is 0 Å². The monoisotopic (exact) mass is 423 g/mol. The molecule has 0 radical (unpaired) electrons. The Kier molecular flexibility index (Phi) is 5.14. The minimum absolute atomic E-state index is 0.135. The molecule has 1 atom stereocenters. The normalized spacial score (nSPS) is 15.8. The van der Waals surface area contributed by atoms with Gasteiger partial charge in [-0.2, -0.15) is 0 Å². The molecule has 1 unspecified atom stereocenters. The lowest BCUT2D eigenvalue weighted by atomic mass is 9.90. The summed E-state index contributed by atoms with van der Waals surface area (Å²) >= 11 is 1.34. The molecule has 0 saturated carbocycles. The van der Waals surface area contributed by atoms with Crippen LogP contribution in [0, 0.1) is 12.3 Å². The van der Waals surface area contributed by atoms with Crippen LogP contribution < -0.4 is 10.1 Å². The van der Waals surface area contributed by atoms with Crippen LogP contribution in [0.3, 0.4) is 0 Å². The van der Waals surface area contributed by atoms with E-state index in [1.165, 1.54) is 11.3 Å². The Morgan fingerprint density at radius 2 is 1.86 bits per heavy atom. The first-order valence-electron chi connectivity index (χ1n) is 8.88. The van der Waals surface area contributed by atoms with E-state index in [4.69, 9.17) is 11.2 Å². The number of sulfone groups is 1. The standard InChI is InChI=1S/C22H17NO4S2/c1-2-12-27-16-10-8-15(9-11-16)18-13-20(24)23-21-19(14-28-22(18)21)29(25,26)17-6-4-3-5-7-17/h1,3-11,14,18H,12-13H2,(H,23,24). The summed E-state index contributed by atoms with van der Waals surface area (Å²) in [5.74, 6) is 2.63. The molecular weight excluding hydrogens is 406 g/mol. The number of benzene rings is 2. The quantitative estimate of drug-likeness (QED) is 0.628. The van der Waals surface area contributed by atoms with Gasteiger partial charge in [-0.25, -0.2) is 8.42 Å². The predicted molar refractivity (Wildman–Crippen MR) is 112 cm³/mol. The third-order valence-corrected chi connectivity index (χ3v) is 7.74. The van der Waals surface area contributed by atoms with Crippen LogP contribution in [0.5, 0.6) is 5.75 Å². The number of nitrogens with one attached hydrogen (secondary N) is 1. The highest BCUT2D eigenvalue weighted by Crippen LogP contribution is 2.45. The number of fused-ring (bicyclic) bond motifs is 1. The zero-order valence-electron chi connectivity index (χ0n) is 15.3. The number of ether oxygens (including phenoxy) is 1. The van der Waals surface area contributed by atoms with Gasteiger partial charge in [0.25, 0.3) is 0 Å². The van der Waals surface area contributed by atoms with E-state index in [1.807, 2.05) is 12.1 Å². The topological polar surface area (TPSA) is 72.5 Å². The Morgan fingerprint density at radius 3 is 2.55 bits per heavy atom. The van der Waals surface area contributed by atoms with Crippen LogP contribution in [0.1, 0.15) is 22.8 Å². The van der Waals surface area contributed by atoms with E-state index in [2.05, 4.69) is 11.2 Å². The highest BCUT2D eigenvalue weighted by Gasteiger charge is 2.34. The lowest BCUT2D eigenvalue weighted by molar-refractivity contribution is -0.116. The SMILES string of the molecule is C#CCOc1ccc(C2CC(=O)Nc3c(S(=O)(=O)c4ccccc4)csc32)cc1. The van der Waals surface area contributed by atoms with Gasteiger partial charge in [-0.15, -0.1) is 17.8 Å². The van der Waals surface area contributed by atoms with E-state index < -0.39 is 9.84 Å². The Labute approximate surface area is 173 Å². The molecule has 1 N–H and O–H groups in total. The number of carbonyl (C=O) groups excluding carboxylic acids is 1.